The number of nitriles is 1. The Hall–Kier alpha value is -3.82. The van der Waals surface area contributed by atoms with E-state index >= 15 is 0 Å². The van der Waals surface area contributed by atoms with Gasteiger partial charge in [-0.15, -0.1) is 0 Å². The van der Waals surface area contributed by atoms with E-state index in [4.69, 9.17) is 9.47 Å². The van der Waals surface area contributed by atoms with Crippen LogP contribution in [-0.4, -0.2) is 76.4 Å². The van der Waals surface area contributed by atoms with Crippen molar-refractivity contribution in [1.29, 1.82) is 5.26 Å². The summed E-state index contributed by atoms with van der Waals surface area (Å²) in [5.74, 6) is -0.161. The van der Waals surface area contributed by atoms with E-state index in [0.29, 0.717) is 41.0 Å². The number of rotatable bonds is 6. The Morgan fingerprint density at radius 2 is 1.78 bits per heavy atom. The van der Waals surface area contributed by atoms with E-state index in [1.807, 2.05) is 20.9 Å². The van der Waals surface area contributed by atoms with Crippen LogP contribution in [0, 0.1) is 76.2 Å². The molecule has 1 radical (unpaired) electrons. The molecule has 4 aliphatic heterocycles. The number of aryl methyl sites for hydroxylation is 1. The van der Waals surface area contributed by atoms with Gasteiger partial charge >= 0.3 is 6.18 Å². The van der Waals surface area contributed by atoms with Crippen LogP contribution in [0.5, 0.6) is 23.0 Å². The third-order valence-corrected chi connectivity index (χ3v) is 11.3. The second-order valence-corrected chi connectivity index (χ2v) is 14.3. The Kier molecular flexibility index (Phi) is 11.1. The molecule has 4 aliphatic rings. The number of fused-ring (bicyclic) bond motifs is 9. The van der Waals surface area contributed by atoms with Crippen molar-refractivity contribution in [3.05, 3.63) is 86.5 Å². The van der Waals surface area contributed by atoms with Crippen molar-refractivity contribution >= 4 is 17.9 Å². The first-order valence-corrected chi connectivity index (χ1v) is 17.4. The molecular weight excluding hydrogens is 918 g/mol. The van der Waals surface area contributed by atoms with E-state index in [9.17, 15) is 38.2 Å². The summed E-state index contributed by atoms with van der Waals surface area (Å²) in [5.41, 5.74) is 4.53. The molecule has 15 heteroatoms. The van der Waals surface area contributed by atoms with Gasteiger partial charge in [-0.2, -0.15) is 18.4 Å². The minimum atomic E-state index is -4.53. The number of hydrogen-bond acceptors (Lipinski definition) is 9. The van der Waals surface area contributed by atoms with Crippen LogP contribution in [-0.2, 0) is 28.6 Å². The summed E-state index contributed by atoms with van der Waals surface area (Å²) < 4.78 is 51.2. The number of piperazine rings is 1. The van der Waals surface area contributed by atoms with Crippen LogP contribution in [0.2, 0.25) is 0 Å². The summed E-state index contributed by atoms with van der Waals surface area (Å²) in [7, 11) is 1.96. The molecule has 0 saturated carbocycles. The van der Waals surface area contributed by atoms with Crippen LogP contribution < -0.4 is 20.1 Å². The summed E-state index contributed by atoms with van der Waals surface area (Å²) in [6.45, 7) is 6.95. The van der Waals surface area contributed by atoms with Gasteiger partial charge in [0.1, 0.15) is 23.6 Å². The average molecular weight is 959 g/mol. The van der Waals surface area contributed by atoms with E-state index in [0.717, 1.165) is 40.5 Å². The minimum absolute atomic E-state index is 0. The Morgan fingerprint density at radius 1 is 1.06 bits per heavy atom. The van der Waals surface area contributed by atoms with Crippen molar-refractivity contribution in [3.63, 3.8) is 0 Å². The van der Waals surface area contributed by atoms with Gasteiger partial charge in [0.15, 0.2) is 11.5 Å². The molecule has 0 aromatic heterocycles. The number of carbonyl (C=O) groups is 2. The normalized spacial score (nSPS) is 23.4. The van der Waals surface area contributed by atoms with E-state index in [2.05, 4.69) is 32.6 Å². The van der Waals surface area contributed by atoms with Crippen molar-refractivity contribution in [2.45, 2.75) is 83.0 Å². The van der Waals surface area contributed by atoms with Gasteiger partial charge in [0, 0.05) is 91.0 Å². The second kappa shape index (κ2) is 15.0. The molecule has 4 heterocycles. The molecular formula is C39H40AcF3N5O6. The maximum atomic E-state index is 13.5. The second-order valence-electron chi connectivity index (χ2n) is 14.3. The van der Waals surface area contributed by atoms with Crippen LogP contribution in [0.3, 0.4) is 0 Å². The summed E-state index contributed by atoms with van der Waals surface area (Å²) in [5, 5.41) is 39.5. The van der Waals surface area contributed by atoms with Gasteiger partial charge in [0.25, 0.3) is 0 Å². The Balaban J connectivity index is 0.00000497. The SMILES string of the molecule is Cc1cc2c(c(O)c1C)[C@@H]1C3Cc4c(O)c(C)c5c(c4[C@H](CNC(=O)[C@@H](C)NC(=O)/C=C/c4cccc(C(F)(F)F)c4)N3[C@@H](C#N)[C@H](C2)N1C)OCO5.[Ac]. The molecule has 7 rings (SSSR count). The number of benzene rings is 3. The van der Waals surface area contributed by atoms with Crippen molar-refractivity contribution in [2.75, 3.05) is 20.4 Å². The fourth-order valence-corrected chi connectivity index (χ4v) is 8.58. The molecule has 1 fully saturated rings. The molecule has 4 N–H and O–H groups in total. The third kappa shape index (κ3) is 6.74. The number of phenols is 2. The van der Waals surface area contributed by atoms with Gasteiger partial charge < -0.3 is 30.3 Å². The first kappa shape index (κ1) is 39.9. The molecule has 54 heavy (non-hydrogen) atoms. The number of phenolic OH excluding ortho intramolecular Hbond substituents is 2. The monoisotopic (exact) mass is 958 g/mol. The molecule has 3 aromatic carbocycles. The zero-order chi connectivity index (χ0) is 38.1. The average Bonchev–Trinajstić information content (AvgIpc) is 3.61. The first-order chi connectivity index (χ1) is 25.1. The van der Waals surface area contributed by atoms with Gasteiger partial charge in [-0.25, -0.2) is 0 Å². The topological polar surface area (TPSA) is 147 Å². The molecule has 2 bridgehead atoms. The number of nitrogens with zero attached hydrogens (tertiary/aromatic N) is 3. The van der Waals surface area contributed by atoms with Crippen LogP contribution >= 0.6 is 0 Å². The fourth-order valence-electron chi connectivity index (χ4n) is 8.58. The Morgan fingerprint density at radius 3 is 2.48 bits per heavy atom. The molecule has 1 unspecified atom stereocenters. The van der Waals surface area contributed by atoms with Crippen molar-refractivity contribution in [1.82, 2.24) is 20.4 Å². The van der Waals surface area contributed by atoms with Gasteiger partial charge in [0.05, 0.1) is 23.7 Å². The van der Waals surface area contributed by atoms with E-state index in [1.54, 1.807) is 6.92 Å². The number of likely N-dealkylation sites (N-methyl/N-ethyl adjacent to an activating group) is 1. The summed E-state index contributed by atoms with van der Waals surface area (Å²) in [6, 6.07) is 5.73. The summed E-state index contributed by atoms with van der Waals surface area (Å²) in [4.78, 5) is 30.5. The largest absolute Gasteiger partial charge is 0.507 e. The maximum Gasteiger partial charge on any atom is 0.416 e. The number of amides is 2. The summed E-state index contributed by atoms with van der Waals surface area (Å²) >= 11 is 0. The number of ether oxygens (including phenoxy) is 2. The molecule has 6 atom stereocenters. The van der Waals surface area contributed by atoms with Crippen LogP contribution in [0.1, 0.15) is 69.1 Å². The number of carbonyl (C=O) groups excluding carboxylic acids is 2. The molecule has 1 saturated heterocycles. The number of alkyl halides is 3. The number of halogens is 3. The van der Waals surface area contributed by atoms with Crippen molar-refractivity contribution < 1.29 is 86.5 Å². The summed E-state index contributed by atoms with van der Waals surface area (Å²) in [6.07, 6.45) is -1.41. The zero-order valence-electron chi connectivity index (χ0n) is 30.4. The molecule has 11 nitrogen and oxygen atoms in total. The minimum Gasteiger partial charge on any atom is -0.507 e. The predicted molar refractivity (Wildman–Crippen MR) is 187 cm³/mol. The molecule has 2 amide bonds. The molecule has 281 valence electrons. The Bertz CT molecular complexity index is 2100. The fraction of sp³-hybridized carbons (Fsp3) is 0.410. The smallest absolute Gasteiger partial charge is 0.416 e. The van der Waals surface area contributed by atoms with Gasteiger partial charge in [-0.3, -0.25) is 19.4 Å². The van der Waals surface area contributed by atoms with Crippen molar-refractivity contribution in [2.24, 2.45) is 0 Å². The molecule has 3 aromatic rings. The Labute approximate surface area is 346 Å². The number of nitrogens with one attached hydrogen (secondary N) is 2. The first-order valence-electron chi connectivity index (χ1n) is 17.4. The number of aromatic hydroxyl groups is 2. The molecule has 0 spiro atoms. The number of hydrogen-bond donors (Lipinski definition) is 4. The van der Waals surface area contributed by atoms with Gasteiger partial charge in [-0.1, -0.05) is 18.2 Å². The maximum absolute atomic E-state index is 13.5. The van der Waals surface area contributed by atoms with E-state index < -0.39 is 47.7 Å². The van der Waals surface area contributed by atoms with E-state index in [1.165, 1.54) is 25.1 Å². The van der Waals surface area contributed by atoms with Crippen LogP contribution in [0.15, 0.2) is 36.4 Å². The zero-order valence-corrected chi connectivity index (χ0v) is 35.2. The van der Waals surface area contributed by atoms with E-state index in [-0.39, 0.29) is 86.5 Å². The standard InChI is InChI=1S/C39H40F3N5O6.Ac/c1-18-11-23-13-26-28(15-43)47-27(33(46(26)5)31(23)35(50)19(18)2)14-25-32(37-36(52-17-53-37)20(3)34(25)49)29(47)16-44-38(51)21(4)45-30(48)10-9-22-7-6-8-24(12-22)39(40,41)42;/h6-12,21,26-29,33,49-50H,13-14,16-17H2,1-5H3,(H,44,51)(H,45,48);/b10-9+;/t21-,26+,27?,28+,29+,33+;/m1./s1. The van der Waals surface area contributed by atoms with Crippen LogP contribution in [0.4, 0.5) is 13.2 Å². The van der Waals surface area contributed by atoms with Gasteiger partial charge in [-0.05, 0) is 88.0 Å². The quantitative estimate of drug-likeness (QED) is 0.254. The third-order valence-electron chi connectivity index (χ3n) is 11.3. The predicted octanol–water partition coefficient (Wildman–Crippen LogP) is 4.88. The molecule has 0 aliphatic carbocycles. The van der Waals surface area contributed by atoms with Crippen LogP contribution in [0.25, 0.3) is 6.08 Å². The van der Waals surface area contributed by atoms with Gasteiger partial charge in [0.2, 0.25) is 18.6 Å². The van der Waals surface area contributed by atoms with Crippen molar-refractivity contribution in [3.8, 4) is 29.1 Å².